The summed E-state index contributed by atoms with van der Waals surface area (Å²) >= 11 is 0. The summed E-state index contributed by atoms with van der Waals surface area (Å²) in [5, 5.41) is 5.04. The van der Waals surface area contributed by atoms with Crippen molar-refractivity contribution >= 4 is 23.2 Å². The number of nitrogens with one attached hydrogen (secondary N) is 1. The average molecular weight is 316 g/mol. The lowest BCUT2D eigenvalue weighted by Gasteiger charge is -2.33. The number of amides is 2. The number of nitrogens with two attached hydrogens (primary N) is 1. The molecular weight excluding hydrogens is 290 g/mol. The number of rotatable bonds is 3. The minimum Gasteiger partial charge on any atom is -0.334 e. The summed E-state index contributed by atoms with van der Waals surface area (Å²) in [6.45, 7) is 4.34. The summed E-state index contributed by atoms with van der Waals surface area (Å²) in [5.41, 5.74) is 1.52. The molecule has 0 bridgehead atoms. The van der Waals surface area contributed by atoms with Crippen LogP contribution in [0.2, 0.25) is 0 Å². The molecule has 2 aliphatic rings. The Morgan fingerprint density at radius 2 is 2.04 bits per heavy atom. The zero-order valence-corrected chi connectivity index (χ0v) is 13.9. The Hall–Kier alpha value is -1.88. The molecule has 0 spiro atoms. The Morgan fingerprint density at radius 3 is 2.83 bits per heavy atom. The summed E-state index contributed by atoms with van der Waals surface area (Å²) in [6.07, 6.45) is 4.97. The molecular formula is C18H26N3O2+. The van der Waals surface area contributed by atoms with E-state index in [1.807, 2.05) is 31.2 Å². The van der Waals surface area contributed by atoms with Crippen LogP contribution in [0.15, 0.2) is 24.3 Å². The van der Waals surface area contributed by atoms with Crippen LogP contribution in [0.4, 0.5) is 11.4 Å². The van der Waals surface area contributed by atoms with Crippen molar-refractivity contribution < 1.29 is 14.9 Å². The van der Waals surface area contributed by atoms with Gasteiger partial charge in [0.05, 0.1) is 17.4 Å². The summed E-state index contributed by atoms with van der Waals surface area (Å²) in [5.74, 6) is 0.538. The van der Waals surface area contributed by atoms with Gasteiger partial charge in [0.25, 0.3) is 5.91 Å². The van der Waals surface area contributed by atoms with E-state index < -0.39 is 0 Å². The third-order valence-corrected chi connectivity index (χ3v) is 5.14. The van der Waals surface area contributed by atoms with Gasteiger partial charge in [-0.1, -0.05) is 25.5 Å². The van der Waals surface area contributed by atoms with Crippen molar-refractivity contribution in [2.24, 2.45) is 5.92 Å². The van der Waals surface area contributed by atoms with E-state index in [2.05, 4.69) is 17.6 Å². The maximum atomic E-state index is 12.9. The number of quaternary nitrogens is 1. The maximum Gasteiger partial charge on any atom is 0.285 e. The van der Waals surface area contributed by atoms with Crippen LogP contribution in [-0.4, -0.2) is 30.4 Å². The number of benzene rings is 1. The van der Waals surface area contributed by atoms with Crippen LogP contribution in [0.25, 0.3) is 0 Å². The molecule has 2 amide bonds. The topological polar surface area (TPSA) is 66.0 Å². The van der Waals surface area contributed by atoms with Crippen LogP contribution in [-0.2, 0) is 9.59 Å². The highest BCUT2D eigenvalue weighted by molar-refractivity contribution is 6.10. The van der Waals surface area contributed by atoms with Crippen LogP contribution in [0, 0.1) is 5.92 Å². The third-order valence-electron chi connectivity index (χ3n) is 5.14. The van der Waals surface area contributed by atoms with Crippen molar-refractivity contribution in [3.63, 3.8) is 0 Å². The van der Waals surface area contributed by atoms with Gasteiger partial charge in [-0.3, -0.25) is 14.5 Å². The second-order valence-electron chi connectivity index (χ2n) is 6.90. The van der Waals surface area contributed by atoms with Gasteiger partial charge >= 0.3 is 0 Å². The molecule has 3 N–H and O–H groups in total. The second kappa shape index (κ2) is 6.71. The van der Waals surface area contributed by atoms with Crippen molar-refractivity contribution in [3.05, 3.63) is 24.3 Å². The molecule has 3 atom stereocenters. The predicted octanol–water partition coefficient (Wildman–Crippen LogP) is 1.50. The average Bonchev–Trinajstić information content (AvgIpc) is 2.55. The molecule has 0 saturated heterocycles. The molecule has 0 radical (unpaired) electrons. The zero-order chi connectivity index (χ0) is 16.4. The fourth-order valence-corrected chi connectivity index (χ4v) is 3.76. The lowest BCUT2D eigenvalue weighted by atomic mass is 9.85. The van der Waals surface area contributed by atoms with E-state index in [1.54, 1.807) is 4.90 Å². The van der Waals surface area contributed by atoms with E-state index in [1.165, 1.54) is 25.7 Å². The fourth-order valence-electron chi connectivity index (χ4n) is 3.76. The van der Waals surface area contributed by atoms with Crippen molar-refractivity contribution in [2.75, 3.05) is 16.8 Å². The van der Waals surface area contributed by atoms with E-state index in [4.69, 9.17) is 0 Å². The number of carbonyl (C=O) groups is 2. The van der Waals surface area contributed by atoms with Crippen molar-refractivity contribution in [1.82, 2.24) is 0 Å². The molecule has 1 heterocycles. The summed E-state index contributed by atoms with van der Waals surface area (Å²) in [7, 11) is 0. The Kier molecular flexibility index (Phi) is 4.66. The third kappa shape index (κ3) is 3.39. The monoisotopic (exact) mass is 316 g/mol. The molecule has 0 unspecified atom stereocenters. The molecule has 5 heteroatoms. The lowest BCUT2D eigenvalue weighted by Crippen LogP contribution is -2.98. The Balaban J connectivity index is 1.73. The minimum absolute atomic E-state index is 0.0186. The van der Waals surface area contributed by atoms with E-state index in [-0.39, 0.29) is 24.4 Å². The summed E-state index contributed by atoms with van der Waals surface area (Å²) in [4.78, 5) is 26.4. The largest absolute Gasteiger partial charge is 0.334 e. The normalized spacial score (nSPS) is 25.5. The predicted molar refractivity (Wildman–Crippen MR) is 90.2 cm³/mol. The number of nitrogens with zero attached hydrogens (tertiary/aromatic N) is 1. The maximum absolute atomic E-state index is 12.9. The molecule has 1 fully saturated rings. The van der Waals surface area contributed by atoms with E-state index in [9.17, 15) is 9.59 Å². The second-order valence-corrected chi connectivity index (χ2v) is 6.90. The lowest BCUT2D eigenvalue weighted by molar-refractivity contribution is -0.714. The van der Waals surface area contributed by atoms with E-state index >= 15 is 0 Å². The number of para-hydroxylation sites is 2. The van der Waals surface area contributed by atoms with Gasteiger partial charge in [-0.15, -0.1) is 0 Å². The highest BCUT2D eigenvalue weighted by atomic mass is 16.2. The Bertz CT molecular complexity index is 602. The number of fused-ring (bicyclic) bond motifs is 1. The molecule has 1 aromatic rings. The molecule has 3 rings (SSSR count). The number of anilines is 2. The fraction of sp³-hybridized carbons (Fsp3) is 0.556. The van der Waals surface area contributed by atoms with Crippen LogP contribution in [0.1, 0.15) is 39.5 Å². The van der Waals surface area contributed by atoms with Crippen LogP contribution in [0.3, 0.4) is 0 Å². The number of carbonyl (C=O) groups excluding carboxylic acids is 2. The molecule has 1 aliphatic carbocycles. The highest BCUT2D eigenvalue weighted by Crippen LogP contribution is 2.29. The van der Waals surface area contributed by atoms with Gasteiger partial charge in [-0.2, -0.15) is 0 Å². The summed E-state index contributed by atoms with van der Waals surface area (Å²) in [6, 6.07) is 7.84. The van der Waals surface area contributed by atoms with Gasteiger partial charge in [0.15, 0.2) is 6.04 Å². The molecule has 0 aromatic heterocycles. The Morgan fingerprint density at radius 1 is 1.30 bits per heavy atom. The van der Waals surface area contributed by atoms with Gasteiger partial charge in [0.1, 0.15) is 6.54 Å². The van der Waals surface area contributed by atoms with Gasteiger partial charge in [0, 0.05) is 5.92 Å². The summed E-state index contributed by atoms with van der Waals surface area (Å²) < 4.78 is 0. The first kappa shape index (κ1) is 16.0. The standard InChI is InChI=1S/C18H25N3O2/c1-12-7-3-4-8-14(12)19-13(2)18(23)21-11-17(22)20-15-9-5-6-10-16(15)21/h5-6,9-10,12-14,19H,3-4,7-8,11H2,1-2H3,(H,20,22)/p+1/t12-,13-,14+/m0/s1. The molecule has 124 valence electrons. The quantitative estimate of drug-likeness (QED) is 0.887. The van der Waals surface area contributed by atoms with Crippen molar-refractivity contribution in [2.45, 2.75) is 51.6 Å². The van der Waals surface area contributed by atoms with Crippen LogP contribution >= 0.6 is 0 Å². The first-order valence-electron chi connectivity index (χ1n) is 8.61. The minimum atomic E-state index is -0.167. The van der Waals surface area contributed by atoms with Crippen molar-refractivity contribution in [3.8, 4) is 0 Å². The Labute approximate surface area is 137 Å². The molecule has 1 aromatic carbocycles. The van der Waals surface area contributed by atoms with Crippen LogP contribution in [0.5, 0.6) is 0 Å². The van der Waals surface area contributed by atoms with E-state index in [0.717, 1.165) is 11.4 Å². The SMILES string of the molecule is C[C@H]([NH2+][C@@H]1CCCC[C@@H]1C)C(=O)N1CC(=O)Nc2ccccc21. The zero-order valence-electron chi connectivity index (χ0n) is 13.9. The number of hydrogen-bond acceptors (Lipinski definition) is 2. The first-order chi connectivity index (χ1) is 11.1. The van der Waals surface area contributed by atoms with Gasteiger partial charge in [-0.25, -0.2) is 0 Å². The molecule has 5 nitrogen and oxygen atoms in total. The number of hydrogen-bond donors (Lipinski definition) is 2. The first-order valence-corrected chi connectivity index (χ1v) is 8.61. The smallest absolute Gasteiger partial charge is 0.285 e. The van der Waals surface area contributed by atoms with Gasteiger partial charge in [0.2, 0.25) is 5.91 Å². The van der Waals surface area contributed by atoms with Gasteiger partial charge < -0.3 is 10.6 Å². The molecule has 1 saturated carbocycles. The van der Waals surface area contributed by atoms with Crippen LogP contribution < -0.4 is 15.5 Å². The highest BCUT2D eigenvalue weighted by Gasteiger charge is 2.34. The van der Waals surface area contributed by atoms with Crippen molar-refractivity contribution in [1.29, 1.82) is 0 Å². The van der Waals surface area contributed by atoms with Gasteiger partial charge in [-0.05, 0) is 38.3 Å². The van der Waals surface area contributed by atoms with E-state index in [0.29, 0.717) is 12.0 Å². The molecule has 23 heavy (non-hydrogen) atoms. The molecule has 1 aliphatic heterocycles.